The first kappa shape index (κ1) is 17.0. The van der Waals surface area contributed by atoms with Crippen molar-refractivity contribution in [3.05, 3.63) is 29.3 Å². The molecular formula is C21H28O4. The Bertz CT molecular complexity index is 603. The number of carbonyl (C=O) groups is 1. The summed E-state index contributed by atoms with van der Waals surface area (Å²) in [6.45, 7) is 2.01. The van der Waals surface area contributed by atoms with Gasteiger partial charge in [-0.1, -0.05) is 0 Å². The summed E-state index contributed by atoms with van der Waals surface area (Å²) in [7, 11) is 1.62. The number of methoxy groups -OCH3 is 1. The van der Waals surface area contributed by atoms with Gasteiger partial charge >= 0.3 is 0 Å². The van der Waals surface area contributed by atoms with Gasteiger partial charge in [0.2, 0.25) is 0 Å². The quantitative estimate of drug-likeness (QED) is 0.546. The Morgan fingerprint density at radius 2 is 1.80 bits per heavy atom. The topological polar surface area (TPSA) is 44.8 Å². The monoisotopic (exact) mass is 344 g/mol. The summed E-state index contributed by atoms with van der Waals surface area (Å²) in [4.78, 5) is 11.4. The highest BCUT2D eigenvalue weighted by atomic mass is 16.7. The van der Waals surface area contributed by atoms with Gasteiger partial charge in [-0.2, -0.15) is 0 Å². The maximum atomic E-state index is 11.4. The molecule has 1 atom stereocenters. The molecular weight excluding hydrogens is 316 g/mol. The predicted molar refractivity (Wildman–Crippen MR) is 94.7 cm³/mol. The Morgan fingerprint density at radius 1 is 1.16 bits per heavy atom. The lowest BCUT2D eigenvalue weighted by atomic mass is 9.48. The highest BCUT2D eigenvalue weighted by Gasteiger charge is 2.52. The molecule has 4 nitrogen and oxygen atoms in total. The second-order valence-corrected chi connectivity index (χ2v) is 8.30. The lowest BCUT2D eigenvalue weighted by Gasteiger charge is -2.57. The number of hydrogen-bond acceptors (Lipinski definition) is 4. The van der Waals surface area contributed by atoms with Gasteiger partial charge in [-0.3, -0.25) is 4.79 Å². The molecule has 0 spiro atoms. The largest absolute Gasteiger partial charge is 0.467 e. The molecule has 0 aliphatic heterocycles. The highest BCUT2D eigenvalue weighted by molar-refractivity contribution is 5.76. The van der Waals surface area contributed by atoms with Crippen LogP contribution >= 0.6 is 0 Å². The van der Waals surface area contributed by atoms with Crippen molar-refractivity contribution in [2.24, 2.45) is 17.8 Å². The van der Waals surface area contributed by atoms with Crippen LogP contribution in [-0.4, -0.2) is 26.5 Å². The fourth-order valence-electron chi connectivity index (χ4n) is 5.86. The van der Waals surface area contributed by atoms with Crippen LogP contribution in [0.25, 0.3) is 0 Å². The second-order valence-electron chi connectivity index (χ2n) is 8.30. The molecule has 25 heavy (non-hydrogen) atoms. The molecule has 136 valence electrons. The average Bonchev–Trinajstić information content (AvgIpc) is 2.60. The Balaban J connectivity index is 1.62. The number of ether oxygens (including phenoxy) is 3. The van der Waals surface area contributed by atoms with Crippen molar-refractivity contribution in [3.63, 3.8) is 0 Å². The number of carbonyl (C=O) groups excluding carboxylic acids is 1. The van der Waals surface area contributed by atoms with Crippen LogP contribution in [0.3, 0.4) is 0 Å². The van der Waals surface area contributed by atoms with Gasteiger partial charge in [0, 0.05) is 18.2 Å². The molecule has 4 bridgehead atoms. The number of benzene rings is 1. The molecule has 0 saturated heterocycles. The van der Waals surface area contributed by atoms with Gasteiger partial charge in [-0.15, -0.1) is 0 Å². The summed E-state index contributed by atoms with van der Waals surface area (Å²) in [5.41, 5.74) is 2.16. The second kappa shape index (κ2) is 6.73. The molecule has 0 heterocycles. The summed E-state index contributed by atoms with van der Waals surface area (Å²) >= 11 is 0. The van der Waals surface area contributed by atoms with Crippen LogP contribution in [0.2, 0.25) is 0 Å². The summed E-state index contributed by atoms with van der Waals surface area (Å²) < 4.78 is 16.6. The molecule has 1 unspecified atom stereocenters. The molecule has 0 N–H and O–H groups in total. The fraction of sp³-hybridized carbons (Fsp3) is 0.667. The first-order valence-electron chi connectivity index (χ1n) is 9.49. The van der Waals surface area contributed by atoms with Crippen LogP contribution in [-0.2, 0) is 14.9 Å². The predicted octanol–water partition coefficient (Wildman–Crippen LogP) is 4.31. The lowest BCUT2D eigenvalue weighted by Crippen LogP contribution is -2.48. The van der Waals surface area contributed by atoms with Crippen molar-refractivity contribution < 1.29 is 19.0 Å². The maximum Gasteiger partial charge on any atom is 0.191 e. The van der Waals surface area contributed by atoms with E-state index in [1.54, 1.807) is 7.11 Å². The molecule has 4 fully saturated rings. The SMILES string of the molecule is COC(C)OCOc1ccc(C=O)cc1C12CC3CC(CC(C3)C1)C2. The third-order valence-electron chi connectivity index (χ3n) is 6.60. The summed E-state index contributed by atoms with van der Waals surface area (Å²) in [5, 5.41) is 0. The molecule has 0 radical (unpaired) electrons. The average molecular weight is 344 g/mol. The van der Waals surface area contributed by atoms with Crippen LogP contribution in [0.15, 0.2) is 18.2 Å². The highest BCUT2D eigenvalue weighted by Crippen LogP contribution is 2.61. The molecule has 5 rings (SSSR count). The Morgan fingerprint density at radius 3 is 2.36 bits per heavy atom. The Kier molecular flexibility index (Phi) is 4.59. The molecule has 0 amide bonds. The van der Waals surface area contributed by atoms with E-state index in [1.807, 2.05) is 19.1 Å². The van der Waals surface area contributed by atoms with Gasteiger partial charge in [-0.05, 0) is 86.8 Å². The van der Waals surface area contributed by atoms with Crippen molar-refractivity contribution >= 4 is 6.29 Å². The van der Waals surface area contributed by atoms with E-state index in [4.69, 9.17) is 14.2 Å². The fourth-order valence-corrected chi connectivity index (χ4v) is 5.86. The standard InChI is InChI=1S/C21H28O4/c1-14(23-2)24-13-25-20-4-3-15(12-22)8-19(20)21-9-16-5-17(10-21)7-18(6-16)11-21/h3-4,8,12,14,16-18H,5-7,9-11,13H2,1-2H3. The molecule has 1 aromatic carbocycles. The van der Waals surface area contributed by atoms with E-state index in [2.05, 4.69) is 6.07 Å². The van der Waals surface area contributed by atoms with Gasteiger partial charge < -0.3 is 14.2 Å². The zero-order valence-electron chi connectivity index (χ0n) is 15.2. The van der Waals surface area contributed by atoms with Gasteiger partial charge in [0.05, 0.1) is 0 Å². The maximum absolute atomic E-state index is 11.4. The molecule has 4 heteroatoms. The van der Waals surface area contributed by atoms with Crippen LogP contribution in [0.1, 0.15) is 61.4 Å². The summed E-state index contributed by atoms with van der Waals surface area (Å²) in [6, 6.07) is 5.85. The van der Waals surface area contributed by atoms with Crippen LogP contribution < -0.4 is 4.74 Å². The molecule has 4 aliphatic rings. The third-order valence-corrected chi connectivity index (χ3v) is 6.60. The molecule has 4 saturated carbocycles. The lowest BCUT2D eigenvalue weighted by molar-refractivity contribution is -0.150. The summed E-state index contributed by atoms with van der Waals surface area (Å²) in [5.74, 6) is 3.42. The van der Waals surface area contributed by atoms with E-state index in [9.17, 15) is 4.79 Å². The van der Waals surface area contributed by atoms with Gasteiger partial charge in [0.15, 0.2) is 13.1 Å². The number of rotatable bonds is 7. The van der Waals surface area contributed by atoms with E-state index in [0.717, 1.165) is 35.4 Å². The third kappa shape index (κ3) is 3.22. The minimum Gasteiger partial charge on any atom is -0.467 e. The van der Waals surface area contributed by atoms with Crippen molar-refractivity contribution in [1.82, 2.24) is 0 Å². The van der Waals surface area contributed by atoms with Crippen molar-refractivity contribution in [3.8, 4) is 5.75 Å². The van der Waals surface area contributed by atoms with Crippen molar-refractivity contribution in [2.45, 2.75) is 57.2 Å². The van der Waals surface area contributed by atoms with Crippen molar-refractivity contribution in [2.75, 3.05) is 13.9 Å². The van der Waals surface area contributed by atoms with E-state index in [1.165, 1.54) is 44.1 Å². The summed E-state index contributed by atoms with van der Waals surface area (Å²) in [6.07, 6.45) is 8.58. The Labute approximate surface area is 149 Å². The smallest absolute Gasteiger partial charge is 0.191 e. The molecule has 4 aliphatic carbocycles. The first-order valence-corrected chi connectivity index (χ1v) is 9.49. The molecule has 0 aromatic heterocycles. The normalized spacial score (nSPS) is 34.1. The zero-order chi connectivity index (χ0) is 17.4. The zero-order valence-corrected chi connectivity index (χ0v) is 15.2. The minimum atomic E-state index is -0.294. The van der Waals surface area contributed by atoms with E-state index < -0.39 is 0 Å². The van der Waals surface area contributed by atoms with Crippen molar-refractivity contribution in [1.29, 1.82) is 0 Å². The first-order chi connectivity index (χ1) is 12.1. The van der Waals surface area contributed by atoms with Crippen LogP contribution in [0.5, 0.6) is 5.75 Å². The number of aldehydes is 1. The van der Waals surface area contributed by atoms with Crippen LogP contribution in [0.4, 0.5) is 0 Å². The van der Waals surface area contributed by atoms with E-state index in [0.29, 0.717) is 0 Å². The van der Waals surface area contributed by atoms with Gasteiger partial charge in [0.1, 0.15) is 12.0 Å². The van der Waals surface area contributed by atoms with E-state index in [-0.39, 0.29) is 18.5 Å². The van der Waals surface area contributed by atoms with E-state index >= 15 is 0 Å². The van der Waals surface area contributed by atoms with Gasteiger partial charge in [-0.25, -0.2) is 0 Å². The minimum absolute atomic E-state index is 0.162. The number of hydrogen-bond donors (Lipinski definition) is 0. The van der Waals surface area contributed by atoms with Gasteiger partial charge in [0.25, 0.3) is 0 Å². The van der Waals surface area contributed by atoms with Crippen LogP contribution in [0, 0.1) is 17.8 Å². The Hall–Kier alpha value is -1.39. The molecule has 1 aromatic rings.